The van der Waals surface area contributed by atoms with Crippen LogP contribution in [0, 0.1) is 0 Å². The van der Waals surface area contributed by atoms with Crippen LogP contribution in [-0.2, 0) is 5.41 Å². The summed E-state index contributed by atoms with van der Waals surface area (Å²) < 4.78 is 39.6. The lowest BCUT2D eigenvalue weighted by Gasteiger charge is -2.19. The number of rotatable bonds is 2. The van der Waals surface area contributed by atoms with Gasteiger partial charge in [-0.1, -0.05) is 99.5 Å². The van der Waals surface area contributed by atoms with E-state index in [0.717, 1.165) is 11.1 Å². The van der Waals surface area contributed by atoms with Crippen LogP contribution >= 0.6 is 0 Å². The van der Waals surface area contributed by atoms with Crippen LogP contribution in [0.3, 0.4) is 0 Å². The van der Waals surface area contributed by atoms with E-state index in [1.165, 1.54) is 5.56 Å². The Kier molecular flexibility index (Phi) is 2.54. The van der Waals surface area contributed by atoms with Crippen molar-refractivity contribution >= 4 is 0 Å². The van der Waals surface area contributed by atoms with Crippen molar-refractivity contribution in [2.45, 2.75) is 26.2 Å². The second-order valence-electron chi connectivity index (χ2n) is 6.40. The molecule has 0 aliphatic carbocycles. The second-order valence-corrected chi connectivity index (χ2v) is 6.40. The topological polar surface area (TPSA) is 0 Å². The van der Waals surface area contributed by atoms with Gasteiger partial charge in [-0.05, 0) is 33.2 Å². The van der Waals surface area contributed by atoms with E-state index in [2.05, 4.69) is 45.0 Å². The third-order valence-corrected chi connectivity index (χ3v) is 3.76. The van der Waals surface area contributed by atoms with E-state index in [0.29, 0.717) is 5.56 Å². The summed E-state index contributed by atoms with van der Waals surface area (Å²) in [4.78, 5) is 0. The molecule has 0 aromatic heterocycles. The van der Waals surface area contributed by atoms with Gasteiger partial charge in [-0.3, -0.25) is 0 Å². The first kappa shape index (κ1) is 9.63. The van der Waals surface area contributed by atoms with E-state index in [-0.39, 0.29) is 41.2 Å². The fourth-order valence-electron chi connectivity index (χ4n) is 2.39. The Hall–Kier alpha value is -2.34. The van der Waals surface area contributed by atoms with Crippen molar-refractivity contribution in [2.75, 3.05) is 0 Å². The SMILES string of the molecule is [2H]c1c([2H])c([2H])c(-c2ccc(-c3ccc(C(C)(C)C)cc3)cc2)c([2H])c1[2H]. The van der Waals surface area contributed by atoms with Gasteiger partial charge in [0.2, 0.25) is 0 Å². The molecule has 0 saturated carbocycles. The molecule has 0 bridgehead atoms. The van der Waals surface area contributed by atoms with Gasteiger partial charge in [0.05, 0.1) is 6.85 Å². The number of hydrogen-bond acceptors (Lipinski definition) is 0. The van der Waals surface area contributed by atoms with Crippen LogP contribution < -0.4 is 0 Å². The van der Waals surface area contributed by atoms with Crippen LogP contribution in [0.4, 0.5) is 0 Å². The monoisotopic (exact) mass is 291 g/mol. The predicted molar refractivity (Wildman–Crippen MR) is 96.0 cm³/mol. The Morgan fingerprint density at radius 3 is 1.45 bits per heavy atom. The number of benzene rings is 3. The second kappa shape index (κ2) is 5.81. The van der Waals surface area contributed by atoms with Crippen LogP contribution in [0.5, 0.6) is 0 Å². The van der Waals surface area contributed by atoms with Crippen LogP contribution in [-0.4, -0.2) is 0 Å². The highest BCUT2D eigenvalue weighted by atomic mass is 14.2. The minimum atomic E-state index is -0.371. The highest BCUT2D eigenvalue weighted by Gasteiger charge is 2.12. The molecular formula is C22H22. The van der Waals surface area contributed by atoms with E-state index in [1.807, 2.05) is 12.1 Å². The van der Waals surface area contributed by atoms with Gasteiger partial charge in [0, 0.05) is 0 Å². The molecule has 110 valence electrons. The maximum Gasteiger partial charge on any atom is 0.0629 e. The molecule has 22 heavy (non-hydrogen) atoms. The third-order valence-electron chi connectivity index (χ3n) is 3.76. The molecule has 3 rings (SSSR count). The predicted octanol–water partition coefficient (Wildman–Crippen LogP) is 6.32. The van der Waals surface area contributed by atoms with E-state index in [1.54, 1.807) is 12.1 Å². The average molecular weight is 291 g/mol. The fourth-order valence-corrected chi connectivity index (χ4v) is 2.39. The van der Waals surface area contributed by atoms with Crippen molar-refractivity contribution in [3.8, 4) is 22.3 Å². The Morgan fingerprint density at radius 1 is 0.591 bits per heavy atom. The summed E-state index contributed by atoms with van der Waals surface area (Å²) in [6.07, 6.45) is 0. The lowest BCUT2D eigenvalue weighted by molar-refractivity contribution is 0.590. The molecule has 0 radical (unpaired) electrons. The van der Waals surface area contributed by atoms with Crippen molar-refractivity contribution in [2.24, 2.45) is 0 Å². The maximum atomic E-state index is 8.10. The molecule has 0 aliphatic rings. The highest BCUT2D eigenvalue weighted by molar-refractivity contribution is 5.70. The molecule has 0 atom stereocenters. The van der Waals surface area contributed by atoms with Crippen LogP contribution in [0.2, 0.25) is 0 Å². The molecule has 0 aliphatic heterocycles. The van der Waals surface area contributed by atoms with Gasteiger partial charge in [0.25, 0.3) is 0 Å². The molecule has 3 aromatic carbocycles. The lowest BCUT2D eigenvalue weighted by Crippen LogP contribution is -2.10. The summed E-state index contributed by atoms with van der Waals surface area (Å²) in [7, 11) is 0. The summed E-state index contributed by atoms with van der Waals surface area (Å²) in [6.45, 7) is 6.53. The zero-order valence-electron chi connectivity index (χ0n) is 18.1. The maximum absolute atomic E-state index is 8.10. The van der Waals surface area contributed by atoms with Gasteiger partial charge in [0.1, 0.15) is 0 Å². The molecule has 3 aromatic rings. The Balaban J connectivity index is 2.00. The Morgan fingerprint density at radius 2 is 1.00 bits per heavy atom. The fraction of sp³-hybridized carbons (Fsp3) is 0.182. The van der Waals surface area contributed by atoms with Gasteiger partial charge in [0.15, 0.2) is 0 Å². The summed E-state index contributed by atoms with van der Waals surface area (Å²) in [5.41, 5.74) is 4.31. The Bertz CT molecular complexity index is 952. The molecular weight excluding hydrogens is 264 g/mol. The first-order valence-electron chi connectivity index (χ1n) is 9.89. The minimum Gasteiger partial charge on any atom is -0.0622 e. The Labute approximate surface area is 140 Å². The largest absolute Gasteiger partial charge is 0.0629 e. The first-order chi connectivity index (χ1) is 12.6. The van der Waals surface area contributed by atoms with Crippen LogP contribution in [0.15, 0.2) is 78.7 Å². The van der Waals surface area contributed by atoms with Gasteiger partial charge in [-0.25, -0.2) is 0 Å². The molecule has 0 amide bonds. The zero-order valence-corrected chi connectivity index (χ0v) is 13.1. The third kappa shape index (κ3) is 3.12. The van der Waals surface area contributed by atoms with Crippen molar-refractivity contribution in [3.63, 3.8) is 0 Å². The quantitative estimate of drug-likeness (QED) is 0.518. The summed E-state index contributed by atoms with van der Waals surface area (Å²) in [5, 5.41) is 0. The van der Waals surface area contributed by atoms with Crippen molar-refractivity contribution in [3.05, 3.63) is 84.3 Å². The molecule has 0 fully saturated rings. The molecule has 0 heteroatoms. The van der Waals surface area contributed by atoms with E-state index in [9.17, 15) is 0 Å². The average Bonchev–Trinajstić information content (AvgIpc) is 2.65. The van der Waals surface area contributed by atoms with Gasteiger partial charge in [-0.2, -0.15) is 0 Å². The van der Waals surface area contributed by atoms with Crippen molar-refractivity contribution in [1.82, 2.24) is 0 Å². The summed E-state index contributed by atoms with van der Waals surface area (Å²) in [6, 6.07) is 14.5. The van der Waals surface area contributed by atoms with Gasteiger partial charge >= 0.3 is 0 Å². The highest BCUT2D eigenvalue weighted by Crippen LogP contribution is 2.28. The number of hydrogen-bond donors (Lipinski definition) is 0. The minimum absolute atomic E-state index is 0.101. The van der Waals surface area contributed by atoms with Gasteiger partial charge in [-0.15, -0.1) is 0 Å². The molecule has 0 heterocycles. The van der Waals surface area contributed by atoms with E-state index < -0.39 is 0 Å². The van der Waals surface area contributed by atoms with Crippen LogP contribution in [0.25, 0.3) is 22.3 Å². The smallest absolute Gasteiger partial charge is 0.0622 e. The molecule has 0 unspecified atom stereocenters. The molecule has 0 nitrogen and oxygen atoms in total. The van der Waals surface area contributed by atoms with Crippen LogP contribution in [0.1, 0.15) is 33.2 Å². The van der Waals surface area contributed by atoms with Gasteiger partial charge < -0.3 is 0 Å². The summed E-state index contributed by atoms with van der Waals surface area (Å²) >= 11 is 0. The van der Waals surface area contributed by atoms with Crippen molar-refractivity contribution < 1.29 is 6.85 Å². The molecule has 0 saturated heterocycles. The molecule has 0 N–H and O–H groups in total. The summed E-state index contributed by atoms with van der Waals surface area (Å²) in [5.74, 6) is 0. The van der Waals surface area contributed by atoms with E-state index >= 15 is 0 Å². The first-order valence-corrected chi connectivity index (χ1v) is 7.39. The molecule has 0 spiro atoms. The normalized spacial score (nSPS) is 14.6. The standard InChI is InChI=1S/C22H22/c1-22(2,3)21-15-13-20(14-16-21)19-11-9-18(10-12-19)17-7-5-4-6-8-17/h4-16H,1-3H3/i4D,5D,6D,7D,8D. The van der Waals surface area contributed by atoms with E-state index in [4.69, 9.17) is 6.85 Å². The lowest BCUT2D eigenvalue weighted by atomic mass is 9.86. The zero-order chi connectivity index (χ0) is 19.9. The van der Waals surface area contributed by atoms with Crippen molar-refractivity contribution in [1.29, 1.82) is 0 Å².